The molecule has 0 saturated carbocycles. The minimum atomic E-state index is -0.355. The second kappa shape index (κ2) is 5.93. The topological polar surface area (TPSA) is 58.6 Å². The maximum atomic E-state index is 11.8. The van der Waals surface area contributed by atoms with E-state index in [2.05, 4.69) is 5.32 Å². The fourth-order valence-electron chi connectivity index (χ4n) is 1.82. The number of nitrogens with one attached hydrogen (secondary N) is 1. The lowest BCUT2D eigenvalue weighted by Crippen LogP contribution is -2.28. The summed E-state index contributed by atoms with van der Waals surface area (Å²) in [6, 6.07) is 5.35. The Bertz CT molecular complexity index is 505. The number of carbonyl (C=O) groups excluding carboxylic acids is 2. The van der Waals surface area contributed by atoms with E-state index in [1.54, 1.807) is 18.2 Å². The van der Waals surface area contributed by atoms with Crippen LogP contribution in [0.1, 0.15) is 12.0 Å². The van der Waals surface area contributed by atoms with Crippen LogP contribution in [0.2, 0.25) is 5.02 Å². The molecule has 1 aromatic carbocycles. The summed E-state index contributed by atoms with van der Waals surface area (Å²) >= 11 is 5.98. The molecule has 1 heterocycles. The molecule has 1 fully saturated rings. The molecule has 0 unspecified atom stereocenters. The number of halogens is 1. The normalized spacial score (nSPS) is 14.4. The number of cyclic esters (lactones) is 1. The van der Waals surface area contributed by atoms with E-state index in [1.807, 2.05) is 6.92 Å². The lowest BCUT2D eigenvalue weighted by molar-refractivity contribution is -0.116. The van der Waals surface area contributed by atoms with Gasteiger partial charge in [-0.1, -0.05) is 17.7 Å². The van der Waals surface area contributed by atoms with Gasteiger partial charge in [0.05, 0.1) is 6.54 Å². The van der Waals surface area contributed by atoms with E-state index in [9.17, 15) is 9.59 Å². The molecular weight excluding hydrogens is 268 g/mol. The Balaban J connectivity index is 1.87. The summed E-state index contributed by atoms with van der Waals surface area (Å²) in [6.07, 6.45) is -0.118. The van der Waals surface area contributed by atoms with Crippen LogP contribution in [0.3, 0.4) is 0 Å². The number of benzene rings is 1. The summed E-state index contributed by atoms with van der Waals surface area (Å²) in [4.78, 5) is 24.5. The van der Waals surface area contributed by atoms with Crippen LogP contribution in [-0.4, -0.2) is 36.6 Å². The van der Waals surface area contributed by atoms with Crippen LogP contribution in [0, 0.1) is 6.92 Å². The SMILES string of the molecule is Cc1c(Cl)cccc1NC(=O)CCN1CCOC1=O. The molecule has 0 atom stereocenters. The monoisotopic (exact) mass is 282 g/mol. The highest BCUT2D eigenvalue weighted by Crippen LogP contribution is 2.23. The molecule has 102 valence electrons. The number of rotatable bonds is 4. The number of ether oxygens (including phenoxy) is 1. The van der Waals surface area contributed by atoms with Gasteiger partial charge >= 0.3 is 6.09 Å². The Hall–Kier alpha value is -1.75. The van der Waals surface area contributed by atoms with E-state index in [-0.39, 0.29) is 18.4 Å². The van der Waals surface area contributed by atoms with Gasteiger partial charge < -0.3 is 15.0 Å². The standard InChI is InChI=1S/C13H15ClN2O3/c1-9-10(14)3-2-4-11(9)15-12(17)5-6-16-7-8-19-13(16)18/h2-4H,5-8H2,1H3,(H,15,17). The lowest BCUT2D eigenvalue weighted by Gasteiger charge is -2.13. The van der Waals surface area contributed by atoms with Gasteiger partial charge in [-0.2, -0.15) is 0 Å². The molecule has 2 rings (SSSR count). The van der Waals surface area contributed by atoms with E-state index < -0.39 is 0 Å². The number of amides is 2. The van der Waals surface area contributed by atoms with Crippen molar-refractivity contribution in [3.05, 3.63) is 28.8 Å². The molecule has 0 aromatic heterocycles. The van der Waals surface area contributed by atoms with Gasteiger partial charge in [0.25, 0.3) is 0 Å². The van der Waals surface area contributed by atoms with Gasteiger partial charge in [0, 0.05) is 23.7 Å². The minimum absolute atomic E-state index is 0.148. The molecule has 0 spiro atoms. The molecule has 1 aliphatic heterocycles. The molecule has 0 radical (unpaired) electrons. The maximum Gasteiger partial charge on any atom is 0.409 e. The van der Waals surface area contributed by atoms with Crippen LogP contribution in [0.15, 0.2) is 18.2 Å². The smallest absolute Gasteiger partial charge is 0.409 e. The number of hydrogen-bond donors (Lipinski definition) is 1. The molecule has 1 aliphatic rings. The van der Waals surface area contributed by atoms with E-state index in [1.165, 1.54) is 4.90 Å². The van der Waals surface area contributed by atoms with Gasteiger partial charge in [0.2, 0.25) is 5.91 Å². The Labute approximate surface area is 116 Å². The summed E-state index contributed by atoms with van der Waals surface area (Å²) < 4.78 is 4.79. The third-order valence-electron chi connectivity index (χ3n) is 3.00. The van der Waals surface area contributed by atoms with Crippen LogP contribution >= 0.6 is 11.6 Å². The van der Waals surface area contributed by atoms with Gasteiger partial charge in [-0.15, -0.1) is 0 Å². The van der Waals surface area contributed by atoms with E-state index in [0.717, 1.165) is 5.56 Å². The molecule has 6 heteroatoms. The first kappa shape index (κ1) is 13.7. The van der Waals surface area contributed by atoms with Crippen molar-refractivity contribution in [1.29, 1.82) is 0 Å². The van der Waals surface area contributed by atoms with Crippen LogP contribution < -0.4 is 5.32 Å². The Morgan fingerprint density at radius 2 is 2.32 bits per heavy atom. The molecule has 2 amide bonds. The van der Waals surface area contributed by atoms with Crippen LogP contribution in [-0.2, 0) is 9.53 Å². The van der Waals surface area contributed by atoms with Crippen LogP contribution in [0.25, 0.3) is 0 Å². The fraction of sp³-hybridized carbons (Fsp3) is 0.385. The number of anilines is 1. The van der Waals surface area contributed by atoms with Crippen molar-refractivity contribution in [3.8, 4) is 0 Å². The maximum absolute atomic E-state index is 11.8. The Morgan fingerprint density at radius 3 is 3.00 bits per heavy atom. The summed E-state index contributed by atoms with van der Waals surface area (Å²) in [5.74, 6) is -0.148. The summed E-state index contributed by atoms with van der Waals surface area (Å²) in [5, 5.41) is 3.40. The van der Waals surface area contributed by atoms with Gasteiger partial charge in [-0.25, -0.2) is 4.79 Å². The van der Waals surface area contributed by atoms with Crippen molar-refractivity contribution in [3.63, 3.8) is 0 Å². The third-order valence-corrected chi connectivity index (χ3v) is 3.40. The lowest BCUT2D eigenvalue weighted by atomic mass is 10.2. The highest BCUT2D eigenvalue weighted by atomic mass is 35.5. The first-order valence-electron chi connectivity index (χ1n) is 6.04. The predicted octanol–water partition coefficient (Wildman–Crippen LogP) is 2.43. The Morgan fingerprint density at radius 1 is 1.53 bits per heavy atom. The zero-order chi connectivity index (χ0) is 13.8. The molecule has 0 bridgehead atoms. The van der Waals surface area contributed by atoms with Crippen molar-refractivity contribution in [1.82, 2.24) is 4.90 Å². The third kappa shape index (κ3) is 3.38. The molecule has 1 saturated heterocycles. The average Bonchev–Trinajstić information content (AvgIpc) is 2.78. The highest BCUT2D eigenvalue weighted by molar-refractivity contribution is 6.31. The number of carbonyl (C=O) groups is 2. The van der Waals surface area contributed by atoms with E-state index in [4.69, 9.17) is 16.3 Å². The van der Waals surface area contributed by atoms with Crippen LogP contribution in [0.5, 0.6) is 0 Å². The van der Waals surface area contributed by atoms with Crippen LogP contribution in [0.4, 0.5) is 10.5 Å². The van der Waals surface area contributed by atoms with Gasteiger partial charge in [0.1, 0.15) is 6.61 Å². The quantitative estimate of drug-likeness (QED) is 0.923. The summed E-state index contributed by atoms with van der Waals surface area (Å²) in [7, 11) is 0. The van der Waals surface area contributed by atoms with Crippen molar-refractivity contribution in [2.24, 2.45) is 0 Å². The van der Waals surface area contributed by atoms with Gasteiger partial charge in [0.15, 0.2) is 0 Å². The predicted molar refractivity (Wildman–Crippen MR) is 72.4 cm³/mol. The molecular formula is C13H15ClN2O3. The molecule has 19 heavy (non-hydrogen) atoms. The number of nitrogens with zero attached hydrogens (tertiary/aromatic N) is 1. The zero-order valence-corrected chi connectivity index (χ0v) is 11.4. The van der Waals surface area contributed by atoms with E-state index in [0.29, 0.717) is 30.4 Å². The second-order valence-electron chi connectivity index (χ2n) is 4.31. The molecule has 0 aliphatic carbocycles. The summed E-state index contributed by atoms with van der Waals surface area (Å²) in [6.45, 7) is 3.15. The summed E-state index contributed by atoms with van der Waals surface area (Å²) in [5.41, 5.74) is 1.53. The highest BCUT2D eigenvalue weighted by Gasteiger charge is 2.22. The zero-order valence-electron chi connectivity index (χ0n) is 10.6. The first-order chi connectivity index (χ1) is 9.08. The van der Waals surface area contributed by atoms with Gasteiger partial charge in [-0.3, -0.25) is 4.79 Å². The molecule has 1 N–H and O–H groups in total. The van der Waals surface area contributed by atoms with Crippen molar-refractivity contribution >= 4 is 29.3 Å². The average molecular weight is 283 g/mol. The second-order valence-corrected chi connectivity index (χ2v) is 4.72. The first-order valence-corrected chi connectivity index (χ1v) is 6.42. The van der Waals surface area contributed by atoms with E-state index >= 15 is 0 Å². The Kier molecular flexibility index (Phi) is 4.27. The molecule has 1 aromatic rings. The number of hydrogen-bond acceptors (Lipinski definition) is 3. The minimum Gasteiger partial charge on any atom is -0.448 e. The molecule has 5 nitrogen and oxygen atoms in total. The van der Waals surface area contributed by atoms with Gasteiger partial charge in [-0.05, 0) is 24.6 Å². The van der Waals surface area contributed by atoms with Crippen molar-refractivity contribution in [2.75, 3.05) is 25.0 Å². The largest absolute Gasteiger partial charge is 0.448 e. The fourth-order valence-corrected chi connectivity index (χ4v) is 2.00. The van der Waals surface area contributed by atoms with Crippen molar-refractivity contribution in [2.45, 2.75) is 13.3 Å². The van der Waals surface area contributed by atoms with Crippen molar-refractivity contribution < 1.29 is 14.3 Å².